The van der Waals surface area contributed by atoms with E-state index in [9.17, 15) is 10.4 Å². The predicted octanol–water partition coefficient (Wildman–Crippen LogP) is 2.57. The molecule has 1 aliphatic carbocycles. The van der Waals surface area contributed by atoms with Crippen LogP contribution in [-0.4, -0.2) is 24.4 Å². The molecule has 1 aliphatic heterocycles. The van der Waals surface area contributed by atoms with Crippen molar-refractivity contribution in [2.24, 2.45) is 5.92 Å². The summed E-state index contributed by atoms with van der Waals surface area (Å²) in [6.07, 6.45) is 3.88. The van der Waals surface area contributed by atoms with Gasteiger partial charge in [-0.3, -0.25) is 0 Å². The van der Waals surface area contributed by atoms with Crippen molar-refractivity contribution >= 4 is 0 Å². The molecule has 1 fully saturated rings. The van der Waals surface area contributed by atoms with Gasteiger partial charge in [-0.2, -0.15) is 5.26 Å². The first-order chi connectivity index (χ1) is 9.78. The van der Waals surface area contributed by atoms with E-state index >= 15 is 0 Å². The molecule has 3 rings (SSSR count). The van der Waals surface area contributed by atoms with Crippen LogP contribution in [0.4, 0.5) is 0 Å². The number of aryl methyl sites for hydroxylation is 1. The fraction of sp³-hybridized carbons (Fsp3) is 0.588. The third kappa shape index (κ3) is 2.13. The summed E-state index contributed by atoms with van der Waals surface area (Å²) in [7, 11) is 0. The summed E-state index contributed by atoms with van der Waals surface area (Å²) in [4.78, 5) is 0. The fourth-order valence-electron chi connectivity index (χ4n) is 3.79. The van der Waals surface area contributed by atoms with E-state index in [1.54, 1.807) is 0 Å². The van der Waals surface area contributed by atoms with Gasteiger partial charge in [0.25, 0.3) is 0 Å². The van der Waals surface area contributed by atoms with Gasteiger partial charge in [-0.1, -0.05) is 24.3 Å². The molecule has 0 aromatic heterocycles. The molecule has 20 heavy (non-hydrogen) atoms. The van der Waals surface area contributed by atoms with E-state index in [0.717, 1.165) is 37.7 Å². The van der Waals surface area contributed by atoms with E-state index in [0.29, 0.717) is 13.2 Å². The van der Waals surface area contributed by atoms with Gasteiger partial charge in [0.15, 0.2) is 0 Å². The Morgan fingerprint density at radius 1 is 1.30 bits per heavy atom. The molecule has 2 aliphatic rings. The highest BCUT2D eigenvalue weighted by Crippen LogP contribution is 2.43. The Bertz CT molecular complexity index is 516. The normalized spacial score (nSPS) is 28.4. The van der Waals surface area contributed by atoms with Gasteiger partial charge in [0.05, 0.1) is 12.2 Å². The molecule has 1 heterocycles. The molecule has 0 spiro atoms. The van der Waals surface area contributed by atoms with Gasteiger partial charge >= 0.3 is 0 Å². The van der Waals surface area contributed by atoms with Crippen LogP contribution in [0.3, 0.4) is 0 Å². The summed E-state index contributed by atoms with van der Waals surface area (Å²) >= 11 is 0. The first kappa shape index (κ1) is 13.6. The maximum Gasteiger partial charge on any atom is 0.109 e. The van der Waals surface area contributed by atoms with Crippen LogP contribution in [0.25, 0.3) is 0 Å². The highest BCUT2D eigenvalue weighted by atomic mass is 16.5. The van der Waals surface area contributed by atoms with Gasteiger partial charge in [-0.25, -0.2) is 0 Å². The fourth-order valence-corrected chi connectivity index (χ4v) is 3.79. The summed E-state index contributed by atoms with van der Waals surface area (Å²) in [5.74, 6) is 0.176. The number of nitriles is 1. The summed E-state index contributed by atoms with van der Waals surface area (Å²) in [6, 6.07) is 10.6. The molecular formula is C17H21NO2. The number of fused-ring (bicyclic) bond motifs is 1. The lowest BCUT2D eigenvalue weighted by atomic mass is 9.64. The Kier molecular flexibility index (Phi) is 3.78. The third-order valence-electron chi connectivity index (χ3n) is 4.93. The van der Waals surface area contributed by atoms with E-state index in [4.69, 9.17) is 4.74 Å². The minimum absolute atomic E-state index is 0.176. The molecule has 2 atom stereocenters. The standard InChI is InChI=1S/C17H21NO2/c18-12-17(16(19)14-7-10-20-11-8-14)9-3-5-13-4-1-2-6-15(13)17/h1-2,4,6,14,16,19H,3,5,7-11H2. The molecule has 0 radical (unpaired) electrons. The van der Waals surface area contributed by atoms with Crippen molar-refractivity contribution < 1.29 is 9.84 Å². The number of aliphatic hydroxyl groups is 1. The van der Waals surface area contributed by atoms with Gasteiger partial charge in [-0.05, 0) is 49.1 Å². The van der Waals surface area contributed by atoms with Crippen molar-refractivity contribution in [2.45, 2.75) is 43.6 Å². The highest BCUT2D eigenvalue weighted by molar-refractivity contribution is 5.43. The first-order valence-electron chi connectivity index (χ1n) is 7.53. The molecule has 0 amide bonds. The van der Waals surface area contributed by atoms with E-state index in [1.807, 2.05) is 18.2 Å². The molecule has 3 heteroatoms. The lowest BCUT2D eigenvalue weighted by molar-refractivity contribution is -0.0201. The van der Waals surface area contributed by atoms with Crippen LogP contribution in [0.2, 0.25) is 0 Å². The lowest BCUT2D eigenvalue weighted by Crippen LogP contribution is -2.46. The zero-order valence-corrected chi connectivity index (χ0v) is 11.7. The van der Waals surface area contributed by atoms with Crippen LogP contribution in [-0.2, 0) is 16.6 Å². The smallest absolute Gasteiger partial charge is 0.109 e. The van der Waals surface area contributed by atoms with Crippen molar-refractivity contribution in [3.63, 3.8) is 0 Å². The van der Waals surface area contributed by atoms with Crippen LogP contribution in [0.1, 0.15) is 36.8 Å². The highest BCUT2D eigenvalue weighted by Gasteiger charge is 2.46. The van der Waals surface area contributed by atoms with Gasteiger partial charge < -0.3 is 9.84 Å². The van der Waals surface area contributed by atoms with E-state index in [1.165, 1.54) is 5.56 Å². The van der Waals surface area contributed by atoms with E-state index in [-0.39, 0.29) is 5.92 Å². The Morgan fingerprint density at radius 3 is 2.80 bits per heavy atom. The molecule has 1 aromatic rings. The number of hydrogen-bond acceptors (Lipinski definition) is 3. The van der Waals surface area contributed by atoms with Crippen molar-refractivity contribution in [3.05, 3.63) is 35.4 Å². The molecule has 1 N–H and O–H groups in total. The van der Waals surface area contributed by atoms with Crippen LogP contribution in [0, 0.1) is 17.2 Å². The maximum atomic E-state index is 10.9. The summed E-state index contributed by atoms with van der Waals surface area (Å²) in [5, 5.41) is 20.8. The number of hydrogen-bond donors (Lipinski definition) is 1. The van der Waals surface area contributed by atoms with Crippen molar-refractivity contribution in [1.82, 2.24) is 0 Å². The molecule has 0 bridgehead atoms. The SMILES string of the molecule is N#CC1(C(O)C2CCOCC2)CCCc2ccccc21. The Labute approximate surface area is 120 Å². The van der Waals surface area contributed by atoms with Crippen LogP contribution >= 0.6 is 0 Å². The Morgan fingerprint density at radius 2 is 2.05 bits per heavy atom. The van der Waals surface area contributed by atoms with Gasteiger partial charge in [0, 0.05) is 13.2 Å². The second kappa shape index (κ2) is 5.55. The predicted molar refractivity (Wildman–Crippen MR) is 76.2 cm³/mol. The molecule has 2 unspecified atom stereocenters. The molecule has 106 valence electrons. The van der Waals surface area contributed by atoms with Crippen LogP contribution < -0.4 is 0 Å². The van der Waals surface area contributed by atoms with E-state index in [2.05, 4.69) is 12.1 Å². The molecule has 1 saturated heterocycles. The average Bonchev–Trinajstić information content (AvgIpc) is 2.54. The van der Waals surface area contributed by atoms with E-state index < -0.39 is 11.5 Å². The average molecular weight is 271 g/mol. The zero-order chi connectivity index (χ0) is 14.0. The lowest BCUT2D eigenvalue weighted by Gasteiger charge is -2.41. The van der Waals surface area contributed by atoms with Gasteiger partial charge in [-0.15, -0.1) is 0 Å². The van der Waals surface area contributed by atoms with Crippen molar-refractivity contribution in [3.8, 4) is 6.07 Å². The van der Waals surface area contributed by atoms with Crippen molar-refractivity contribution in [2.75, 3.05) is 13.2 Å². The van der Waals surface area contributed by atoms with Crippen LogP contribution in [0.15, 0.2) is 24.3 Å². The van der Waals surface area contributed by atoms with Gasteiger partial charge in [0.1, 0.15) is 5.41 Å². The number of ether oxygens (including phenoxy) is 1. The number of benzene rings is 1. The number of nitrogens with zero attached hydrogens (tertiary/aromatic N) is 1. The van der Waals surface area contributed by atoms with Crippen LogP contribution in [0.5, 0.6) is 0 Å². The summed E-state index contributed by atoms with van der Waals surface area (Å²) in [6.45, 7) is 1.40. The quantitative estimate of drug-likeness (QED) is 0.899. The minimum Gasteiger partial charge on any atom is -0.391 e. The zero-order valence-electron chi connectivity index (χ0n) is 11.7. The minimum atomic E-state index is -0.725. The molecule has 1 aromatic carbocycles. The third-order valence-corrected chi connectivity index (χ3v) is 4.93. The Hall–Kier alpha value is -1.37. The monoisotopic (exact) mass is 271 g/mol. The maximum absolute atomic E-state index is 10.9. The number of aliphatic hydroxyl groups excluding tert-OH is 1. The molecule has 3 nitrogen and oxygen atoms in total. The second-order valence-corrected chi connectivity index (χ2v) is 5.99. The molecular weight excluding hydrogens is 250 g/mol. The summed E-state index contributed by atoms with van der Waals surface area (Å²) < 4.78 is 5.38. The second-order valence-electron chi connectivity index (χ2n) is 5.99. The Balaban J connectivity index is 1.98. The largest absolute Gasteiger partial charge is 0.391 e. The number of rotatable bonds is 2. The molecule has 0 saturated carbocycles. The first-order valence-corrected chi connectivity index (χ1v) is 7.53. The summed E-state index contributed by atoms with van der Waals surface area (Å²) in [5.41, 5.74) is 1.55. The van der Waals surface area contributed by atoms with Gasteiger partial charge in [0.2, 0.25) is 0 Å². The van der Waals surface area contributed by atoms with Crippen molar-refractivity contribution in [1.29, 1.82) is 5.26 Å². The topological polar surface area (TPSA) is 53.2 Å².